The summed E-state index contributed by atoms with van der Waals surface area (Å²) in [6.07, 6.45) is 3.85. The molecule has 1 spiro atoms. The number of hydrogen-bond donors (Lipinski definition) is 0. The molecule has 2 fully saturated rings. The molecule has 0 amide bonds. The topological polar surface area (TPSA) is 35.5 Å². The van der Waals surface area contributed by atoms with Crippen molar-refractivity contribution in [3.05, 3.63) is 29.8 Å². The largest absolute Gasteiger partial charge is 0.490 e. The lowest BCUT2D eigenvalue weighted by molar-refractivity contribution is -0.116. The number of rotatable bonds is 4. The highest BCUT2D eigenvalue weighted by Crippen LogP contribution is 2.39. The molecule has 1 aromatic carbocycles. The summed E-state index contributed by atoms with van der Waals surface area (Å²) < 4.78 is 12.1. The molecule has 1 aromatic rings. The minimum atomic E-state index is 0.0577. The zero-order valence-electron chi connectivity index (χ0n) is 12.5. The minimum Gasteiger partial charge on any atom is -0.490 e. The molecule has 21 heavy (non-hydrogen) atoms. The first kappa shape index (κ1) is 14.9. The molecule has 0 N–H and O–H groups in total. The first-order valence-corrected chi connectivity index (χ1v) is 8.77. The van der Waals surface area contributed by atoms with Crippen LogP contribution >= 0.6 is 11.8 Å². The second-order valence-electron chi connectivity index (χ2n) is 6.09. The lowest BCUT2D eigenvalue weighted by atomic mass is 9.91. The van der Waals surface area contributed by atoms with Crippen LogP contribution in [0.4, 0.5) is 0 Å². The van der Waals surface area contributed by atoms with Crippen LogP contribution < -0.4 is 4.74 Å². The molecular weight excluding hydrogens is 284 g/mol. The Morgan fingerprint density at radius 2 is 2.24 bits per heavy atom. The minimum absolute atomic E-state index is 0.0577. The smallest absolute Gasteiger partial charge is 0.134 e. The van der Waals surface area contributed by atoms with E-state index >= 15 is 0 Å². The molecule has 0 aliphatic carbocycles. The summed E-state index contributed by atoms with van der Waals surface area (Å²) in [6, 6.07) is 7.92. The number of hydrogen-bond acceptors (Lipinski definition) is 4. The second kappa shape index (κ2) is 6.41. The van der Waals surface area contributed by atoms with E-state index in [9.17, 15) is 4.79 Å². The van der Waals surface area contributed by atoms with Crippen molar-refractivity contribution >= 4 is 17.5 Å². The zero-order chi connectivity index (χ0) is 14.7. The summed E-state index contributed by atoms with van der Waals surface area (Å²) in [5.41, 5.74) is 1.10. The summed E-state index contributed by atoms with van der Waals surface area (Å²) in [4.78, 5) is 11.1. The van der Waals surface area contributed by atoms with Gasteiger partial charge in [0, 0.05) is 25.0 Å². The number of carbonyl (C=O) groups is 1. The van der Waals surface area contributed by atoms with Crippen molar-refractivity contribution in [2.24, 2.45) is 0 Å². The van der Waals surface area contributed by atoms with Gasteiger partial charge in [-0.2, -0.15) is 11.8 Å². The molecular formula is C17H22O3S. The van der Waals surface area contributed by atoms with Crippen LogP contribution in [0.25, 0.3) is 0 Å². The van der Waals surface area contributed by atoms with E-state index in [2.05, 4.69) is 0 Å². The van der Waals surface area contributed by atoms with E-state index in [1.54, 1.807) is 6.92 Å². The first-order chi connectivity index (χ1) is 10.2. The average Bonchev–Trinajstić information content (AvgIpc) is 2.88. The van der Waals surface area contributed by atoms with Crippen molar-refractivity contribution in [1.29, 1.82) is 0 Å². The summed E-state index contributed by atoms with van der Waals surface area (Å²) in [5.74, 6) is 3.39. The Morgan fingerprint density at radius 1 is 1.43 bits per heavy atom. The number of carbonyl (C=O) groups excluding carboxylic acids is 1. The fraction of sp³-hybridized carbons (Fsp3) is 0.588. The van der Waals surface area contributed by atoms with Gasteiger partial charge in [0.25, 0.3) is 0 Å². The molecule has 4 heteroatoms. The van der Waals surface area contributed by atoms with E-state index in [0.29, 0.717) is 6.42 Å². The number of ether oxygens (including phenoxy) is 2. The van der Waals surface area contributed by atoms with Gasteiger partial charge in [0.2, 0.25) is 0 Å². The van der Waals surface area contributed by atoms with E-state index in [0.717, 1.165) is 42.9 Å². The molecule has 0 saturated carbocycles. The van der Waals surface area contributed by atoms with Gasteiger partial charge in [0.15, 0.2) is 0 Å². The Morgan fingerprint density at radius 3 is 2.90 bits per heavy atom. The summed E-state index contributed by atoms with van der Waals surface area (Å²) in [6.45, 7) is 2.42. The van der Waals surface area contributed by atoms with Gasteiger partial charge in [0.1, 0.15) is 17.6 Å². The van der Waals surface area contributed by atoms with Crippen molar-refractivity contribution in [2.45, 2.75) is 44.3 Å². The van der Waals surface area contributed by atoms with Crippen molar-refractivity contribution < 1.29 is 14.3 Å². The van der Waals surface area contributed by atoms with Crippen molar-refractivity contribution in [3.8, 4) is 5.75 Å². The molecule has 3 nitrogen and oxygen atoms in total. The highest BCUT2D eigenvalue weighted by molar-refractivity contribution is 7.99. The number of Topliss-reactive ketones (excluding diaryl/α,β-unsaturated/α-hetero) is 1. The molecule has 3 rings (SSSR count). The zero-order valence-corrected chi connectivity index (χ0v) is 13.3. The van der Waals surface area contributed by atoms with Crippen LogP contribution in [-0.2, 0) is 16.0 Å². The summed E-state index contributed by atoms with van der Waals surface area (Å²) in [7, 11) is 0. The van der Waals surface area contributed by atoms with Crippen LogP contribution in [0.1, 0.15) is 31.7 Å². The molecule has 2 heterocycles. The molecule has 0 bridgehead atoms. The van der Waals surface area contributed by atoms with Gasteiger partial charge in [-0.1, -0.05) is 12.1 Å². The van der Waals surface area contributed by atoms with Crippen LogP contribution in [0.2, 0.25) is 0 Å². The van der Waals surface area contributed by atoms with Crippen LogP contribution in [0.5, 0.6) is 5.75 Å². The van der Waals surface area contributed by atoms with Gasteiger partial charge < -0.3 is 9.47 Å². The van der Waals surface area contributed by atoms with Gasteiger partial charge in [-0.3, -0.25) is 4.79 Å². The molecule has 114 valence electrons. The standard InChI is InChI=1S/C17H22O3S/c1-13(18)10-14-2-4-15(5-3-14)20-16-6-8-19-17(11-16)7-9-21-12-17/h2-5,16H,6-12H2,1H3. The number of thioether (sulfide) groups is 1. The lowest BCUT2D eigenvalue weighted by Gasteiger charge is -2.37. The Kier molecular flexibility index (Phi) is 4.55. The Labute approximate surface area is 130 Å². The average molecular weight is 306 g/mol. The van der Waals surface area contributed by atoms with E-state index in [4.69, 9.17) is 9.47 Å². The maximum Gasteiger partial charge on any atom is 0.134 e. The SMILES string of the molecule is CC(=O)Cc1ccc(OC2CCOC3(CCSC3)C2)cc1. The predicted molar refractivity (Wildman–Crippen MR) is 85.1 cm³/mol. The molecule has 0 radical (unpaired) electrons. The van der Waals surface area contributed by atoms with Gasteiger partial charge in [0.05, 0.1) is 12.2 Å². The third-order valence-corrected chi connectivity index (χ3v) is 5.42. The van der Waals surface area contributed by atoms with Gasteiger partial charge in [-0.05, 0) is 36.8 Å². The highest BCUT2D eigenvalue weighted by Gasteiger charge is 2.41. The van der Waals surface area contributed by atoms with Crippen molar-refractivity contribution in [1.82, 2.24) is 0 Å². The molecule has 2 unspecified atom stereocenters. The van der Waals surface area contributed by atoms with E-state index in [1.165, 1.54) is 5.75 Å². The quantitative estimate of drug-likeness (QED) is 0.855. The third kappa shape index (κ3) is 3.80. The van der Waals surface area contributed by atoms with Gasteiger partial charge >= 0.3 is 0 Å². The monoisotopic (exact) mass is 306 g/mol. The number of ketones is 1. The Hall–Kier alpha value is -1.00. The van der Waals surface area contributed by atoms with Crippen LogP contribution in [0.3, 0.4) is 0 Å². The van der Waals surface area contributed by atoms with Crippen molar-refractivity contribution in [3.63, 3.8) is 0 Å². The summed E-state index contributed by atoms with van der Waals surface area (Å²) >= 11 is 1.98. The van der Waals surface area contributed by atoms with Crippen LogP contribution in [0.15, 0.2) is 24.3 Å². The van der Waals surface area contributed by atoms with Crippen LogP contribution in [0, 0.1) is 0 Å². The van der Waals surface area contributed by atoms with Crippen LogP contribution in [-0.4, -0.2) is 35.6 Å². The molecule has 0 aromatic heterocycles. The van der Waals surface area contributed by atoms with Gasteiger partial charge in [-0.25, -0.2) is 0 Å². The van der Waals surface area contributed by atoms with Gasteiger partial charge in [-0.15, -0.1) is 0 Å². The molecule has 2 aliphatic heterocycles. The Balaban J connectivity index is 1.59. The molecule has 2 aliphatic rings. The Bertz CT molecular complexity index is 491. The fourth-order valence-corrected chi connectivity index (χ4v) is 4.49. The van der Waals surface area contributed by atoms with E-state index < -0.39 is 0 Å². The van der Waals surface area contributed by atoms with E-state index in [-0.39, 0.29) is 17.5 Å². The normalized spacial score (nSPS) is 28.7. The lowest BCUT2D eigenvalue weighted by Crippen LogP contribution is -2.43. The maximum atomic E-state index is 11.1. The summed E-state index contributed by atoms with van der Waals surface area (Å²) in [5, 5.41) is 0. The van der Waals surface area contributed by atoms with E-state index in [1.807, 2.05) is 36.0 Å². The number of benzene rings is 1. The molecule has 2 atom stereocenters. The first-order valence-electron chi connectivity index (χ1n) is 7.62. The highest BCUT2D eigenvalue weighted by atomic mass is 32.2. The maximum absolute atomic E-state index is 11.1. The third-order valence-electron chi connectivity index (χ3n) is 4.19. The molecule has 2 saturated heterocycles. The predicted octanol–water partition coefficient (Wildman–Crippen LogP) is 3.25. The van der Waals surface area contributed by atoms with Crippen molar-refractivity contribution in [2.75, 3.05) is 18.1 Å². The fourth-order valence-electron chi connectivity index (χ4n) is 3.11. The second-order valence-corrected chi connectivity index (χ2v) is 7.19.